The molecule has 2 atom stereocenters. The number of rotatable bonds is 3. The molecule has 0 saturated heterocycles. The number of carbonyl (C=O) groups excluding carboxylic acids is 1. The maximum Gasteiger partial charge on any atom is 0.407 e. The highest BCUT2D eigenvalue weighted by atomic mass is 35.5. The SMILES string of the molecule is CC(C)(C)OC(=O)NC1CCCC(Nc2c(Cl)ccc3scnc23)C1. The van der Waals surface area contributed by atoms with E-state index in [1.165, 1.54) is 0 Å². The van der Waals surface area contributed by atoms with Crippen molar-refractivity contribution in [2.45, 2.75) is 64.1 Å². The summed E-state index contributed by atoms with van der Waals surface area (Å²) in [5.74, 6) is 0. The van der Waals surface area contributed by atoms with E-state index in [0.29, 0.717) is 5.02 Å². The smallest absolute Gasteiger partial charge is 0.407 e. The number of hydrogen-bond acceptors (Lipinski definition) is 5. The number of nitrogens with one attached hydrogen (secondary N) is 2. The van der Waals surface area contributed by atoms with Crippen molar-refractivity contribution >= 4 is 44.9 Å². The molecule has 0 spiro atoms. The lowest BCUT2D eigenvalue weighted by molar-refractivity contribution is 0.0492. The summed E-state index contributed by atoms with van der Waals surface area (Å²) in [5.41, 5.74) is 3.16. The van der Waals surface area contributed by atoms with E-state index in [0.717, 1.165) is 41.6 Å². The zero-order valence-corrected chi connectivity index (χ0v) is 16.3. The Bertz CT molecular complexity index is 756. The van der Waals surface area contributed by atoms with Gasteiger partial charge in [-0.1, -0.05) is 11.6 Å². The lowest BCUT2D eigenvalue weighted by atomic mass is 9.91. The zero-order chi connectivity index (χ0) is 18.0. The van der Waals surface area contributed by atoms with Crippen molar-refractivity contribution in [3.8, 4) is 0 Å². The molecule has 1 saturated carbocycles. The van der Waals surface area contributed by atoms with Crippen LogP contribution < -0.4 is 10.6 Å². The summed E-state index contributed by atoms with van der Waals surface area (Å²) in [5, 5.41) is 7.22. The van der Waals surface area contributed by atoms with Gasteiger partial charge < -0.3 is 15.4 Å². The fourth-order valence-electron chi connectivity index (χ4n) is 3.17. The van der Waals surface area contributed by atoms with E-state index in [-0.39, 0.29) is 18.2 Å². The van der Waals surface area contributed by atoms with Crippen LogP contribution in [0.5, 0.6) is 0 Å². The third kappa shape index (κ3) is 4.76. The van der Waals surface area contributed by atoms with Crippen molar-refractivity contribution in [2.75, 3.05) is 5.32 Å². The predicted octanol–water partition coefficient (Wildman–Crippen LogP) is 5.20. The molecular weight excluding hydrogens is 358 g/mol. The van der Waals surface area contributed by atoms with E-state index in [1.807, 2.05) is 38.4 Å². The number of ether oxygens (including phenoxy) is 1. The van der Waals surface area contributed by atoms with Gasteiger partial charge in [-0.2, -0.15) is 0 Å². The number of carbonyl (C=O) groups is 1. The minimum atomic E-state index is -0.482. The van der Waals surface area contributed by atoms with Crippen LogP contribution in [0.15, 0.2) is 17.6 Å². The number of fused-ring (bicyclic) bond motifs is 1. The Labute approximate surface area is 157 Å². The summed E-state index contributed by atoms with van der Waals surface area (Å²) in [6.45, 7) is 5.61. The largest absolute Gasteiger partial charge is 0.444 e. The first kappa shape index (κ1) is 18.3. The Morgan fingerprint density at radius 2 is 2.08 bits per heavy atom. The number of benzene rings is 1. The van der Waals surface area contributed by atoms with E-state index < -0.39 is 5.60 Å². The van der Waals surface area contributed by atoms with Gasteiger partial charge in [0.1, 0.15) is 11.1 Å². The Balaban J connectivity index is 1.64. The molecule has 25 heavy (non-hydrogen) atoms. The van der Waals surface area contributed by atoms with Crippen LogP contribution in [0.3, 0.4) is 0 Å². The van der Waals surface area contributed by atoms with E-state index in [1.54, 1.807) is 11.3 Å². The fourth-order valence-corrected chi connectivity index (χ4v) is 4.07. The summed E-state index contributed by atoms with van der Waals surface area (Å²) in [7, 11) is 0. The summed E-state index contributed by atoms with van der Waals surface area (Å²) in [4.78, 5) is 16.4. The molecule has 0 bridgehead atoms. The van der Waals surface area contributed by atoms with Gasteiger partial charge in [0, 0.05) is 12.1 Å². The van der Waals surface area contributed by atoms with Gasteiger partial charge in [-0.3, -0.25) is 0 Å². The Morgan fingerprint density at radius 3 is 2.84 bits per heavy atom. The van der Waals surface area contributed by atoms with Gasteiger partial charge in [-0.05, 0) is 58.6 Å². The molecule has 2 unspecified atom stereocenters. The number of thiazole rings is 1. The molecule has 1 fully saturated rings. The highest BCUT2D eigenvalue weighted by molar-refractivity contribution is 7.16. The van der Waals surface area contributed by atoms with Crippen LogP contribution in [0.4, 0.5) is 10.5 Å². The summed E-state index contributed by atoms with van der Waals surface area (Å²) in [6.07, 6.45) is 3.55. The molecule has 1 aliphatic rings. The maximum absolute atomic E-state index is 12.0. The quantitative estimate of drug-likeness (QED) is 0.767. The Hall–Kier alpha value is -1.53. The average Bonchev–Trinajstić information content (AvgIpc) is 2.97. The van der Waals surface area contributed by atoms with E-state index >= 15 is 0 Å². The van der Waals surface area contributed by atoms with Crippen molar-refractivity contribution < 1.29 is 9.53 Å². The topological polar surface area (TPSA) is 63.2 Å². The second-order valence-electron chi connectivity index (χ2n) is 7.47. The summed E-state index contributed by atoms with van der Waals surface area (Å²) in [6, 6.07) is 4.26. The van der Waals surface area contributed by atoms with E-state index in [2.05, 4.69) is 15.6 Å². The Kier molecular flexibility index (Phi) is 5.39. The molecule has 2 N–H and O–H groups in total. The van der Waals surface area contributed by atoms with Crippen molar-refractivity contribution in [3.05, 3.63) is 22.7 Å². The molecule has 2 aromatic rings. The fraction of sp³-hybridized carbons (Fsp3) is 0.556. The van der Waals surface area contributed by atoms with Gasteiger partial charge >= 0.3 is 6.09 Å². The molecule has 136 valence electrons. The number of nitrogens with zero attached hydrogens (tertiary/aromatic N) is 1. The predicted molar refractivity (Wildman–Crippen MR) is 104 cm³/mol. The van der Waals surface area contributed by atoms with Gasteiger partial charge in [0.2, 0.25) is 0 Å². The van der Waals surface area contributed by atoms with Crippen molar-refractivity contribution in [2.24, 2.45) is 0 Å². The van der Waals surface area contributed by atoms with Gasteiger partial charge in [0.15, 0.2) is 0 Å². The standard InChI is InChI=1S/C18H24ClN3O2S/c1-18(2,3)24-17(23)22-12-6-4-5-11(9-12)21-15-13(19)7-8-14-16(15)20-10-25-14/h7-8,10-12,21H,4-6,9H2,1-3H3,(H,22,23). The number of halogens is 1. The van der Waals surface area contributed by atoms with Gasteiger partial charge in [0.05, 0.1) is 20.9 Å². The van der Waals surface area contributed by atoms with Crippen molar-refractivity contribution in [3.63, 3.8) is 0 Å². The number of alkyl carbamates (subject to hydrolysis) is 1. The molecule has 0 aliphatic heterocycles. The number of amides is 1. The number of aromatic nitrogens is 1. The third-order valence-electron chi connectivity index (χ3n) is 4.20. The minimum absolute atomic E-state index is 0.106. The molecule has 1 amide bonds. The van der Waals surface area contributed by atoms with Crippen LogP contribution in [0.2, 0.25) is 5.02 Å². The number of hydrogen-bond donors (Lipinski definition) is 2. The monoisotopic (exact) mass is 381 g/mol. The normalized spacial score (nSPS) is 21.1. The first-order valence-corrected chi connectivity index (χ1v) is 9.85. The lowest BCUT2D eigenvalue weighted by Crippen LogP contribution is -2.43. The van der Waals surface area contributed by atoms with E-state index in [4.69, 9.17) is 16.3 Å². The van der Waals surface area contributed by atoms with Gasteiger partial charge in [0.25, 0.3) is 0 Å². The second-order valence-corrected chi connectivity index (χ2v) is 8.77. The second kappa shape index (κ2) is 7.38. The Morgan fingerprint density at radius 1 is 1.32 bits per heavy atom. The lowest BCUT2D eigenvalue weighted by Gasteiger charge is -2.32. The van der Waals surface area contributed by atoms with E-state index in [9.17, 15) is 4.79 Å². The molecule has 1 aromatic heterocycles. The molecule has 1 heterocycles. The first-order chi connectivity index (χ1) is 11.8. The van der Waals surface area contributed by atoms with Crippen LogP contribution in [0.1, 0.15) is 46.5 Å². The van der Waals surface area contributed by atoms with Crippen molar-refractivity contribution in [1.82, 2.24) is 10.3 Å². The zero-order valence-electron chi connectivity index (χ0n) is 14.8. The highest BCUT2D eigenvalue weighted by Gasteiger charge is 2.26. The van der Waals surface area contributed by atoms with Crippen LogP contribution in [-0.2, 0) is 4.74 Å². The first-order valence-electron chi connectivity index (χ1n) is 8.59. The molecule has 1 aromatic carbocycles. The maximum atomic E-state index is 12.0. The molecule has 7 heteroatoms. The number of anilines is 1. The molecule has 3 rings (SSSR count). The van der Waals surface area contributed by atoms with Crippen molar-refractivity contribution in [1.29, 1.82) is 0 Å². The summed E-state index contributed by atoms with van der Waals surface area (Å²) >= 11 is 7.99. The van der Waals surface area contributed by atoms with Crippen LogP contribution in [-0.4, -0.2) is 28.8 Å². The summed E-state index contributed by atoms with van der Waals surface area (Å²) < 4.78 is 6.48. The van der Waals surface area contributed by atoms with Gasteiger partial charge in [-0.25, -0.2) is 9.78 Å². The molecule has 1 aliphatic carbocycles. The molecule has 0 radical (unpaired) electrons. The molecule has 5 nitrogen and oxygen atoms in total. The third-order valence-corrected chi connectivity index (χ3v) is 5.30. The van der Waals surface area contributed by atoms with Crippen LogP contribution >= 0.6 is 22.9 Å². The minimum Gasteiger partial charge on any atom is -0.444 e. The van der Waals surface area contributed by atoms with Crippen LogP contribution in [0.25, 0.3) is 10.2 Å². The average molecular weight is 382 g/mol. The molecular formula is C18H24ClN3O2S. The highest BCUT2D eigenvalue weighted by Crippen LogP contribution is 2.34. The van der Waals surface area contributed by atoms with Gasteiger partial charge in [-0.15, -0.1) is 11.3 Å². The van der Waals surface area contributed by atoms with Crippen LogP contribution in [0, 0.1) is 0 Å².